The molecule has 0 aliphatic carbocycles. The first-order valence-corrected chi connectivity index (χ1v) is 6.32. The van der Waals surface area contributed by atoms with Crippen molar-refractivity contribution < 1.29 is 4.74 Å². The molecule has 3 aromatic rings. The summed E-state index contributed by atoms with van der Waals surface area (Å²) in [6, 6.07) is 11.3. The molecule has 0 saturated heterocycles. The quantitative estimate of drug-likeness (QED) is 0.684. The maximum atomic E-state index is 6.15. The number of rotatable bonds is 2. The molecule has 1 heterocycles. The molecule has 2 aromatic carbocycles. The van der Waals surface area contributed by atoms with Gasteiger partial charge in [0.2, 0.25) is 5.88 Å². The highest BCUT2D eigenvalue weighted by Gasteiger charge is 2.07. The van der Waals surface area contributed by atoms with E-state index in [1.807, 2.05) is 24.3 Å². The lowest BCUT2D eigenvalue weighted by Gasteiger charge is -2.09. The van der Waals surface area contributed by atoms with Gasteiger partial charge in [0.1, 0.15) is 5.75 Å². The van der Waals surface area contributed by atoms with Gasteiger partial charge in [0, 0.05) is 15.8 Å². The zero-order valence-electron chi connectivity index (χ0n) is 9.68. The molecular weight excluding hydrogens is 283 g/mol. The van der Waals surface area contributed by atoms with Crippen LogP contribution in [0.25, 0.3) is 10.8 Å². The van der Waals surface area contributed by atoms with Crippen LogP contribution in [0.5, 0.6) is 11.6 Å². The number of nitrogens with zero attached hydrogens (tertiary/aromatic N) is 2. The van der Waals surface area contributed by atoms with Crippen LogP contribution in [0.4, 0.5) is 0 Å². The molecule has 0 saturated carbocycles. The highest BCUT2D eigenvalue weighted by Crippen LogP contribution is 2.33. The van der Waals surface area contributed by atoms with Crippen molar-refractivity contribution in [3.63, 3.8) is 0 Å². The first kappa shape index (κ1) is 12.2. The van der Waals surface area contributed by atoms with E-state index in [1.165, 1.54) is 12.4 Å². The molecule has 0 atom stereocenters. The van der Waals surface area contributed by atoms with Crippen molar-refractivity contribution in [1.29, 1.82) is 0 Å². The Hall–Kier alpha value is -1.84. The number of fused-ring (bicyclic) bond motifs is 1. The topological polar surface area (TPSA) is 35.0 Å². The van der Waals surface area contributed by atoms with Gasteiger partial charge in [0.25, 0.3) is 0 Å². The second-order valence-corrected chi connectivity index (χ2v) is 4.67. The number of aromatic nitrogens is 2. The van der Waals surface area contributed by atoms with E-state index in [-0.39, 0.29) is 5.15 Å². The molecule has 0 aliphatic rings. The van der Waals surface area contributed by atoms with Gasteiger partial charge in [-0.15, -0.1) is 0 Å². The Morgan fingerprint density at radius 1 is 0.895 bits per heavy atom. The molecule has 0 bridgehead atoms. The van der Waals surface area contributed by atoms with Gasteiger partial charge in [0.15, 0.2) is 5.15 Å². The van der Waals surface area contributed by atoms with E-state index in [4.69, 9.17) is 27.9 Å². The molecule has 0 N–H and O–H groups in total. The van der Waals surface area contributed by atoms with Crippen molar-refractivity contribution >= 4 is 34.0 Å². The van der Waals surface area contributed by atoms with Gasteiger partial charge in [-0.05, 0) is 12.1 Å². The Morgan fingerprint density at radius 3 is 2.47 bits per heavy atom. The highest BCUT2D eigenvalue weighted by molar-refractivity contribution is 6.35. The molecule has 0 amide bonds. The van der Waals surface area contributed by atoms with Crippen LogP contribution in [0.1, 0.15) is 0 Å². The van der Waals surface area contributed by atoms with Gasteiger partial charge in [-0.25, -0.2) is 0 Å². The summed E-state index contributed by atoms with van der Waals surface area (Å²) in [5.41, 5.74) is 0. The smallest absolute Gasteiger partial charge is 0.239 e. The Labute approximate surface area is 119 Å². The maximum absolute atomic E-state index is 6.15. The molecule has 5 heteroatoms. The van der Waals surface area contributed by atoms with Crippen LogP contribution in [0.3, 0.4) is 0 Å². The van der Waals surface area contributed by atoms with E-state index >= 15 is 0 Å². The minimum Gasteiger partial charge on any atom is -0.437 e. The molecular formula is C14H8Cl2N2O. The van der Waals surface area contributed by atoms with Gasteiger partial charge < -0.3 is 4.74 Å². The number of hydrogen-bond donors (Lipinski definition) is 0. The van der Waals surface area contributed by atoms with E-state index < -0.39 is 0 Å². The number of hydrogen-bond acceptors (Lipinski definition) is 3. The summed E-state index contributed by atoms with van der Waals surface area (Å²) in [7, 11) is 0. The van der Waals surface area contributed by atoms with Crippen LogP contribution in [0.15, 0.2) is 48.8 Å². The second kappa shape index (κ2) is 5.03. The minimum absolute atomic E-state index is 0.288. The number of benzene rings is 2. The predicted octanol–water partition coefficient (Wildman–Crippen LogP) is 4.73. The van der Waals surface area contributed by atoms with Crippen LogP contribution in [0, 0.1) is 0 Å². The normalized spacial score (nSPS) is 10.6. The first-order valence-electron chi connectivity index (χ1n) is 5.57. The van der Waals surface area contributed by atoms with Crippen molar-refractivity contribution in [1.82, 2.24) is 9.97 Å². The third-order valence-corrected chi connectivity index (χ3v) is 3.14. The predicted molar refractivity (Wildman–Crippen MR) is 76.1 cm³/mol. The molecule has 0 spiro atoms. The van der Waals surface area contributed by atoms with Gasteiger partial charge >= 0.3 is 0 Å². The van der Waals surface area contributed by atoms with Crippen molar-refractivity contribution in [3.8, 4) is 11.6 Å². The molecule has 0 unspecified atom stereocenters. The minimum atomic E-state index is 0.288. The lowest BCUT2D eigenvalue weighted by molar-refractivity contribution is 0.465. The fourth-order valence-electron chi connectivity index (χ4n) is 1.81. The summed E-state index contributed by atoms with van der Waals surface area (Å²) >= 11 is 11.9. The molecule has 94 valence electrons. The monoisotopic (exact) mass is 290 g/mol. The first-order chi connectivity index (χ1) is 9.24. The zero-order chi connectivity index (χ0) is 13.2. The second-order valence-electron chi connectivity index (χ2n) is 3.87. The highest BCUT2D eigenvalue weighted by atomic mass is 35.5. The van der Waals surface area contributed by atoms with Gasteiger partial charge in [-0.2, -0.15) is 4.98 Å². The standard InChI is InChI=1S/C14H8Cl2N2O/c15-11-5-6-12(10-4-2-1-3-9(10)11)19-14-8-17-7-13(16)18-14/h1-8H. The summed E-state index contributed by atoms with van der Waals surface area (Å²) in [4.78, 5) is 7.98. The van der Waals surface area contributed by atoms with Crippen LogP contribution in [-0.2, 0) is 0 Å². The Balaban J connectivity index is 2.09. The van der Waals surface area contributed by atoms with Gasteiger partial charge in [0.05, 0.1) is 12.4 Å². The lowest BCUT2D eigenvalue weighted by Crippen LogP contribution is -1.90. The maximum Gasteiger partial charge on any atom is 0.239 e. The number of ether oxygens (including phenoxy) is 1. The van der Waals surface area contributed by atoms with E-state index in [2.05, 4.69) is 9.97 Å². The zero-order valence-corrected chi connectivity index (χ0v) is 11.2. The van der Waals surface area contributed by atoms with E-state index in [0.717, 1.165) is 10.8 Å². The largest absolute Gasteiger partial charge is 0.437 e. The Morgan fingerprint density at radius 2 is 1.68 bits per heavy atom. The van der Waals surface area contributed by atoms with Crippen LogP contribution < -0.4 is 4.74 Å². The van der Waals surface area contributed by atoms with Crippen molar-refractivity contribution in [2.45, 2.75) is 0 Å². The van der Waals surface area contributed by atoms with Crippen LogP contribution in [-0.4, -0.2) is 9.97 Å². The summed E-state index contributed by atoms with van der Waals surface area (Å²) < 4.78 is 5.71. The van der Waals surface area contributed by atoms with Crippen molar-refractivity contribution in [2.24, 2.45) is 0 Å². The fraction of sp³-hybridized carbons (Fsp3) is 0. The van der Waals surface area contributed by atoms with Gasteiger partial charge in [-0.1, -0.05) is 47.5 Å². The molecule has 19 heavy (non-hydrogen) atoms. The average Bonchev–Trinajstić information content (AvgIpc) is 2.42. The molecule has 1 aromatic heterocycles. The molecule has 0 radical (unpaired) electrons. The van der Waals surface area contributed by atoms with E-state index in [1.54, 1.807) is 12.1 Å². The van der Waals surface area contributed by atoms with E-state index in [0.29, 0.717) is 16.7 Å². The lowest BCUT2D eigenvalue weighted by atomic mass is 10.1. The summed E-state index contributed by atoms with van der Waals surface area (Å²) in [6.45, 7) is 0. The van der Waals surface area contributed by atoms with Gasteiger partial charge in [-0.3, -0.25) is 4.98 Å². The third-order valence-electron chi connectivity index (χ3n) is 2.63. The van der Waals surface area contributed by atoms with E-state index in [9.17, 15) is 0 Å². The number of halogens is 2. The summed E-state index contributed by atoms with van der Waals surface area (Å²) in [6.07, 6.45) is 2.96. The average molecular weight is 291 g/mol. The summed E-state index contributed by atoms with van der Waals surface area (Å²) in [5, 5.41) is 2.81. The molecule has 3 rings (SSSR count). The van der Waals surface area contributed by atoms with Crippen LogP contribution >= 0.6 is 23.2 Å². The van der Waals surface area contributed by atoms with Crippen molar-refractivity contribution in [2.75, 3.05) is 0 Å². The fourth-order valence-corrected chi connectivity index (χ4v) is 2.18. The summed E-state index contributed by atoms with van der Waals surface area (Å²) in [5.74, 6) is 1.01. The molecule has 3 nitrogen and oxygen atoms in total. The SMILES string of the molecule is Clc1cncc(Oc2ccc(Cl)c3ccccc23)n1. The third kappa shape index (κ3) is 2.48. The Kier molecular flexibility index (Phi) is 3.23. The Bertz CT molecular complexity index is 746. The van der Waals surface area contributed by atoms with Crippen molar-refractivity contribution in [3.05, 3.63) is 59.0 Å². The van der Waals surface area contributed by atoms with Crippen LogP contribution in [0.2, 0.25) is 10.2 Å². The molecule has 0 fully saturated rings. The molecule has 0 aliphatic heterocycles.